The van der Waals surface area contributed by atoms with Crippen LogP contribution >= 0.6 is 22.6 Å². The highest BCUT2D eigenvalue weighted by atomic mass is 127. The van der Waals surface area contributed by atoms with Crippen LogP contribution in [0, 0.1) is 10.5 Å². The van der Waals surface area contributed by atoms with Crippen molar-refractivity contribution >= 4 is 22.6 Å². The summed E-state index contributed by atoms with van der Waals surface area (Å²) in [6.07, 6.45) is 0. The fraction of sp³-hybridized carbons (Fsp3) is 0.250. The Labute approximate surface area is 117 Å². The molecular weight excluding hydrogens is 319 g/mol. The van der Waals surface area contributed by atoms with E-state index >= 15 is 0 Å². The van der Waals surface area contributed by atoms with Crippen molar-refractivity contribution in [2.45, 2.75) is 26.2 Å². The molecule has 0 fully saturated rings. The van der Waals surface area contributed by atoms with Gasteiger partial charge in [0, 0.05) is 8.99 Å². The lowest BCUT2D eigenvalue weighted by molar-refractivity contribution is 0.636. The molecule has 0 aliphatic carbocycles. The Morgan fingerprint density at radius 2 is 1.59 bits per heavy atom. The van der Waals surface area contributed by atoms with Crippen LogP contribution in [0.5, 0.6) is 0 Å². The average Bonchev–Trinajstić information content (AvgIpc) is 2.33. The van der Waals surface area contributed by atoms with Gasteiger partial charge in [-0.1, -0.05) is 61.9 Å². The standard InChI is InChI=1S/C16H17I/c1-12-9-10-15(17)14(11-12)16(2,3)13-7-5-4-6-8-13/h4-11H,1-3H3. The summed E-state index contributed by atoms with van der Waals surface area (Å²) in [5.74, 6) is 0. The number of aryl methyl sites for hydroxylation is 1. The fourth-order valence-corrected chi connectivity index (χ4v) is 3.14. The summed E-state index contributed by atoms with van der Waals surface area (Å²) in [4.78, 5) is 0. The number of halogens is 1. The normalized spacial score (nSPS) is 11.5. The highest BCUT2D eigenvalue weighted by Gasteiger charge is 2.24. The Bertz CT molecular complexity index is 512. The predicted octanol–water partition coefficient (Wildman–Crippen LogP) is 4.93. The van der Waals surface area contributed by atoms with E-state index in [0.29, 0.717) is 0 Å². The smallest absolute Gasteiger partial charge is 0.0171 e. The van der Waals surface area contributed by atoms with Gasteiger partial charge >= 0.3 is 0 Å². The molecule has 0 unspecified atom stereocenters. The molecule has 0 saturated carbocycles. The first-order valence-electron chi connectivity index (χ1n) is 5.84. The van der Waals surface area contributed by atoms with E-state index in [2.05, 4.69) is 91.9 Å². The van der Waals surface area contributed by atoms with Crippen molar-refractivity contribution in [3.05, 3.63) is 68.8 Å². The zero-order valence-electron chi connectivity index (χ0n) is 10.5. The van der Waals surface area contributed by atoms with Crippen LogP contribution in [-0.4, -0.2) is 0 Å². The first kappa shape index (κ1) is 12.6. The van der Waals surface area contributed by atoms with Gasteiger partial charge in [0.25, 0.3) is 0 Å². The van der Waals surface area contributed by atoms with Gasteiger partial charge in [-0.2, -0.15) is 0 Å². The number of hydrogen-bond acceptors (Lipinski definition) is 0. The monoisotopic (exact) mass is 336 g/mol. The molecule has 0 amide bonds. The number of hydrogen-bond donors (Lipinski definition) is 0. The molecule has 17 heavy (non-hydrogen) atoms. The third kappa shape index (κ3) is 2.54. The van der Waals surface area contributed by atoms with E-state index in [1.54, 1.807) is 0 Å². The molecule has 0 heterocycles. The van der Waals surface area contributed by atoms with E-state index in [-0.39, 0.29) is 5.41 Å². The van der Waals surface area contributed by atoms with Gasteiger partial charge in [0.15, 0.2) is 0 Å². The van der Waals surface area contributed by atoms with Gasteiger partial charge in [-0.3, -0.25) is 0 Å². The van der Waals surface area contributed by atoms with Gasteiger partial charge in [-0.15, -0.1) is 0 Å². The summed E-state index contributed by atoms with van der Waals surface area (Å²) in [6.45, 7) is 6.74. The molecule has 88 valence electrons. The van der Waals surface area contributed by atoms with Gasteiger partial charge in [0.2, 0.25) is 0 Å². The zero-order chi connectivity index (χ0) is 12.5. The Morgan fingerprint density at radius 1 is 0.941 bits per heavy atom. The fourth-order valence-electron chi connectivity index (χ4n) is 2.13. The van der Waals surface area contributed by atoms with Gasteiger partial charge in [0.1, 0.15) is 0 Å². The lowest BCUT2D eigenvalue weighted by atomic mass is 9.78. The molecule has 2 rings (SSSR count). The summed E-state index contributed by atoms with van der Waals surface area (Å²) in [5.41, 5.74) is 4.15. The van der Waals surface area contributed by atoms with Crippen molar-refractivity contribution in [1.29, 1.82) is 0 Å². The summed E-state index contributed by atoms with van der Waals surface area (Å²) in [7, 11) is 0. The summed E-state index contributed by atoms with van der Waals surface area (Å²) in [6, 6.07) is 17.4. The SMILES string of the molecule is Cc1ccc(I)c(C(C)(C)c2ccccc2)c1. The topological polar surface area (TPSA) is 0 Å². The molecular formula is C16H17I. The molecule has 0 aromatic heterocycles. The lowest BCUT2D eigenvalue weighted by Gasteiger charge is -2.27. The van der Waals surface area contributed by atoms with E-state index in [0.717, 1.165) is 0 Å². The minimum Gasteiger partial charge on any atom is -0.0622 e. The van der Waals surface area contributed by atoms with Crippen LogP contribution in [0.1, 0.15) is 30.5 Å². The van der Waals surface area contributed by atoms with E-state index in [1.165, 1.54) is 20.3 Å². The Balaban J connectivity index is 2.55. The average molecular weight is 336 g/mol. The third-order valence-corrected chi connectivity index (χ3v) is 4.23. The Hall–Kier alpha value is -0.830. The molecule has 0 saturated heterocycles. The summed E-state index contributed by atoms with van der Waals surface area (Å²) >= 11 is 2.43. The Morgan fingerprint density at radius 3 is 2.24 bits per heavy atom. The van der Waals surface area contributed by atoms with E-state index in [9.17, 15) is 0 Å². The lowest BCUT2D eigenvalue weighted by Crippen LogP contribution is -2.20. The number of rotatable bonds is 2. The van der Waals surface area contributed by atoms with Crippen LogP contribution in [0.25, 0.3) is 0 Å². The zero-order valence-corrected chi connectivity index (χ0v) is 12.7. The molecule has 0 spiro atoms. The van der Waals surface area contributed by atoms with Gasteiger partial charge in [-0.05, 0) is 46.7 Å². The molecule has 0 atom stereocenters. The molecule has 2 aromatic rings. The minimum absolute atomic E-state index is 0.0593. The van der Waals surface area contributed by atoms with Crippen LogP contribution in [0.3, 0.4) is 0 Å². The molecule has 0 nitrogen and oxygen atoms in total. The van der Waals surface area contributed by atoms with Crippen molar-refractivity contribution in [3.8, 4) is 0 Å². The van der Waals surface area contributed by atoms with Gasteiger partial charge in [0.05, 0.1) is 0 Å². The van der Waals surface area contributed by atoms with E-state index in [4.69, 9.17) is 0 Å². The van der Waals surface area contributed by atoms with Crippen LogP contribution < -0.4 is 0 Å². The first-order chi connectivity index (χ1) is 8.01. The van der Waals surface area contributed by atoms with E-state index in [1.807, 2.05) is 0 Å². The molecule has 0 aliphatic rings. The van der Waals surface area contributed by atoms with Gasteiger partial charge < -0.3 is 0 Å². The largest absolute Gasteiger partial charge is 0.0622 e. The van der Waals surface area contributed by atoms with Crippen molar-refractivity contribution in [1.82, 2.24) is 0 Å². The van der Waals surface area contributed by atoms with Crippen molar-refractivity contribution in [2.75, 3.05) is 0 Å². The number of benzene rings is 2. The highest BCUT2D eigenvalue weighted by molar-refractivity contribution is 14.1. The van der Waals surface area contributed by atoms with Gasteiger partial charge in [-0.25, -0.2) is 0 Å². The maximum absolute atomic E-state index is 2.43. The Kier molecular flexibility index (Phi) is 3.57. The van der Waals surface area contributed by atoms with Crippen molar-refractivity contribution < 1.29 is 0 Å². The second-order valence-corrected chi connectivity index (χ2v) is 6.14. The molecule has 1 heteroatoms. The van der Waals surface area contributed by atoms with Crippen molar-refractivity contribution in [3.63, 3.8) is 0 Å². The summed E-state index contributed by atoms with van der Waals surface area (Å²) in [5, 5.41) is 0. The molecule has 0 radical (unpaired) electrons. The molecule has 2 aromatic carbocycles. The quantitative estimate of drug-likeness (QED) is 0.683. The first-order valence-corrected chi connectivity index (χ1v) is 6.92. The van der Waals surface area contributed by atoms with Crippen LogP contribution in [0.4, 0.5) is 0 Å². The predicted molar refractivity (Wildman–Crippen MR) is 82.5 cm³/mol. The second kappa shape index (κ2) is 4.81. The molecule has 0 bridgehead atoms. The van der Waals surface area contributed by atoms with Crippen LogP contribution in [0.2, 0.25) is 0 Å². The van der Waals surface area contributed by atoms with Crippen molar-refractivity contribution in [2.24, 2.45) is 0 Å². The maximum atomic E-state index is 2.43. The third-order valence-electron chi connectivity index (χ3n) is 3.29. The second-order valence-electron chi connectivity index (χ2n) is 4.97. The van der Waals surface area contributed by atoms with Crippen LogP contribution in [0.15, 0.2) is 48.5 Å². The van der Waals surface area contributed by atoms with E-state index < -0.39 is 0 Å². The van der Waals surface area contributed by atoms with Crippen LogP contribution in [-0.2, 0) is 5.41 Å². The maximum Gasteiger partial charge on any atom is 0.0171 e. The highest BCUT2D eigenvalue weighted by Crippen LogP contribution is 2.34. The molecule has 0 N–H and O–H groups in total. The molecule has 0 aliphatic heterocycles. The minimum atomic E-state index is 0.0593. The summed E-state index contributed by atoms with van der Waals surface area (Å²) < 4.78 is 1.34.